The molecule has 1 saturated heterocycles. The number of rotatable bonds is 2. The van der Waals surface area contributed by atoms with Gasteiger partial charge in [0.15, 0.2) is 0 Å². The minimum atomic E-state index is -0.700. The SMILES string of the molecule is CC1CCN(C(=O)NC2CCC(C(=O)O)CC2)CC1C. The maximum absolute atomic E-state index is 12.2. The number of carbonyl (C=O) groups is 2. The van der Waals surface area contributed by atoms with E-state index in [0.29, 0.717) is 24.7 Å². The smallest absolute Gasteiger partial charge is 0.317 e. The summed E-state index contributed by atoms with van der Waals surface area (Å²) in [5, 5.41) is 12.0. The summed E-state index contributed by atoms with van der Waals surface area (Å²) >= 11 is 0. The van der Waals surface area contributed by atoms with Crippen molar-refractivity contribution < 1.29 is 14.7 Å². The second-order valence-electron chi connectivity index (χ2n) is 6.53. The van der Waals surface area contributed by atoms with E-state index in [1.807, 2.05) is 4.90 Å². The average Bonchev–Trinajstić information content (AvgIpc) is 2.42. The fourth-order valence-corrected chi connectivity index (χ4v) is 3.20. The van der Waals surface area contributed by atoms with Gasteiger partial charge in [-0.25, -0.2) is 4.79 Å². The first-order valence-corrected chi connectivity index (χ1v) is 7.75. The first-order chi connectivity index (χ1) is 9.47. The Morgan fingerprint density at radius 1 is 1.05 bits per heavy atom. The van der Waals surface area contributed by atoms with Crippen molar-refractivity contribution in [2.75, 3.05) is 13.1 Å². The molecule has 114 valence electrons. The molecule has 20 heavy (non-hydrogen) atoms. The van der Waals surface area contributed by atoms with Crippen LogP contribution in [-0.2, 0) is 4.79 Å². The van der Waals surface area contributed by atoms with Gasteiger partial charge in [-0.3, -0.25) is 4.79 Å². The number of nitrogens with one attached hydrogen (secondary N) is 1. The molecule has 0 spiro atoms. The number of carboxylic acid groups (broad SMARTS) is 1. The van der Waals surface area contributed by atoms with Crippen LogP contribution < -0.4 is 5.32 Å². The summed E-state index contributed by atoms with van der Waals surface area (Å²) < 4.78 is 0. The van der Waals surface area contributed by atoms with Crippen molar-refractivity contribution in [2.45, 2.75) is 52.0 Å². The monoisotopic (exact) mass is 282 g/mol. The molecule has 0 aromatic carbocycles. The fourth-order valence-electron chi connectivity index (χ4n) is 3.20. The molecule has 2 rings (SSSR count). The molecule has 2 aliphatic rings. The third-order valence-electron chi connectivity index (χ3n) is 5.03. The van der Waals surface area contributed by atoms with Crippen molar-refractivity contribution in [1.29, 1.82) is 0 Å². The summed E-state index contributed by atoms with van der Waals surface area (Å²) in [4.78, 5) is 25.0. The number of likely N-dealkylation sites (tertiary alicyclic amines) is 1. The van der Waals surface area contributed by atoms with Gasteiger partial charge in [0.1, 0.15) is 0 Å². The second-order valence-corrected chi connectivity index (χ2v) is 6.53. The van der Waals surface area contributed by atoms with Crippen molar-refractivity contribution >= 4 is 12.0 Å². The van der Waals surface area contributed by atoms with Crippen molar-refractivity contribution in [2.24, 2.45) is 17.8 Å². The van der Waals surface area contributed by atoms with Crippen LogP contribution in [0.1, 0.15) is 46.0 Å². The Morgan fingerprint density at radius 2 is 1.70 bits per heavy atom. The molecule has 5 nitrogen and oxygen atoms in total. The van der Waals surface area contributed by atoms with E-state index in [2.05, 4.69) is 19.2 Å². The summed E-state index contributed by atoms with van der Waals surface area (Å²) in [6.45, 7) is 6.11. The largest absolute Gasteiger partial charge is 0.481 e. The molecule has 2 atom stereocenters. The molecule has 2 amide bonds. The van der Waals surface area contributed by atoms with Crippen LogP contribution in [0.25, 0.3) is 0 Å². The molecule has 1 heterocycles. The van der Waals surface area contributed by atoms with Crippen molar-refractivity contribution in [1.82, 2.24) is 10.2 Å². The predicted octanol–water partition coefficient (Wildman–Crippen LogP) is 2.32. The first-order valence-electron chi connectivity index (χ1n) is 7.75. The molecule has 1 aliphatic carbocycles. The van der Waals surface area contributed by atoms with Crippen LogP contribution in [0.3, 0.4) is 0 Å². The number of hydrogen-bond donors (Lipinski definition) is 2. The number of amides is 2. The highest BCUT2D eigenvalue weighted by Crippen LogP contribution is 2.26. The molecule has 0 radical (unpaired) electrons. The lowest BCUT2D eigenvalue weighted by molar-refractivity contribution is -0.142. The topological polar surface area (TPSA) is 69.6 Å². The van der Waals surface area contributed by atoms with Crippen molar-refractivity contribution in [3.8, 4) is 0 Å². The Kier molecular flexibility index (Phi) is 4.89. The molecule has 0 aromatic heterocycles. The zero-order valence-electron chi connectivity index (χ0n) is 12.5. The first kappa shape index (κ1) is 15.1. The predicted molar refractivity (Wildman–Crippen MR) is 76.4 cm³/mol. The highest BCUT2D eigenvalue weighted by Gasteiger charge is 2.30. The van der Waals surface area contributed by atoms with Gasteiger partial charge in [0, 0.05) is 19.1 Å². The van der Waals surface area contributed by atoms with Gasteiger partial charge >= 0.3 is 12.0 Å². The van der Waals surface area contributed by atoms with E-state index in [1.165, 1.54) is 0 Å². The number of piperidine rings is 1. The standard InChI is InChI=1S/C15H26N2O3/c1-10-7-8-17(9-11(10)2)15(20)16-13-5-3-12(4-6-13)14(18)19/h10-13H,3-9H2,1-2H3,(H,16,20)(H,18,19). The maximum Gasteiger partial charge on any atom is 0.317 e. The molecule has 1 aliphatic heterocycles. The highest BCUT2D eigenvalue weighted by atomic mass is 16.4. The Morgan fingerprint density at radius 3 is 2.25 bits per heavy atom. The summed E-state index contributed by atoms with van der Waals surface area (Å²) in [5.41, 5.74) is 0. The number of nitrogens with zero attached hydrogens (tertiary/aromatic N) is 1. The molecule has 5 heteroatoms. The van der Waals surface area contributed by atoms with Crippen molar-refractivity contribution in [3.63, 3.8) is 0 Å². The van der Waals surface area contributed by atoms with E-state index in [9.17, 15) is 9.59 Å². The van der Waals surface area contributed by atoms with Gasteiger partial charge in [-0.2, -0.15) is 0 Å². The van der Waals surface area contributed by atoms with E-state index in [4.69, 9.17) is 5.11 Å². The Bertz CT molecular complexity index is 364. The third-order valence-corrected chi connectivity index (χ3v) is 5.03. The van der Waals surface area contributed by atoms with Crippen LogP contribution in [0, 0.1) is 17.8 Å². The normalized spacial score (nSPS) is 34.6. The lowest BCUT2D eigenvalue weighted by Crippen LogP contribution is -2.50. The number of urea groups is 1. The molecule has 2 fully saturated rings. The van der Waals surface area contributed by atoms with E-state index < -0.39 is 5.97 Å². The van der Waals surface area contributed by atoms with Gasteiger partial charge in [0.2, 0.25) is 0 Å². The van der Waals surface area contributed by atoms with Crippen LogP contribution >= 0.6 is 0 Å². The van der Waals surface area contributed by atoms with E-state index >= 15 is 0 Å². The molecule has 2 N–H and O–H groups in total. The molecular formula is C15H26N2O3. The fraction of sp³-hybridized carbons (Fsp3) is 0.867. The van der Waals surface area contributed by atoms with Crippen LogP contribution in [0.15, 0.2) is 0 Å². The minimum absolute atomic E-state index is 0.0301. The summed E-state index contributed by atoms with van der Waals surface area (Å²) in [6, 6.07) is 0.176. The molecule has 0 bridgehead atoms. The Labute approximate surface area is 120 Å². The van der Waals surface area contributed by atoms with E-state index in [1.54, 1.807) is 0 Å². The second kappa shape index (κ2) is 6.46. The zero-order valence-corrected chi connectivity index (χ0v) is 12.5. The summed E-state index contributed by atoms with van der Waals surface area (Å²) in [7, 11) is 0. The van der Waals surface area contributed by atoms with Gasteiger partial charge in [-0.1, -0.05) is 13.8 Å². The lowest BCUT2D eigenvalue weighted by Gasteiger charge is -2.37. The lowest BCUT2D eigenvalue weighted by atomic mass is 9.86. The highest BCUT2D eigenvalue weighted by molar-refractivity contribution is 5.75. The van der Waals surface area contributed by atoms with Crippen LogP contribution in [0.4, 0.5) is 4.79 Å². The molecular weight excluding hydrogens is 256 g/mol. The molecule has 2 unspecified atom stereocenters. The van der Waals surface area contributed by atoms with Crippen LogP contribution in [-0.4, -0.2) is 41.1 Å². The van der Waals surface area contributed by atoms with Crippen molar-refractivity contribution in [3.05, 3.63) is 0 Å². The summed E-state index contributed by atoms with van der Waals surface area (Å²) in [6.07, 6.45) is 3.98. The maximum atomic E-state index is 12.2. The van der Waals surface area contributed by atoms with Gasteiger partial charge in [0.25, 0.3) is 0 Å². The van der Waals surface area contributed by atoms with Gasteiger partial charge < -0.3 is 15.3 Å². The van der Waals surface area contributed by atoms with Gasteiger partial charge in [-0.05, 0) is 43.9 Å². The number of aliphatic carboxylic acids is 1. The zero-order chi connectivity index (χ0) is 14.7. The van der Waals surface area contributed by atoms with Gasteiger partial charge in [0.05, 0.1) is 5.92 Å². The minimum Gasteiger partial charge on any atom is -0.481 e. The average molecular weight is 282 g/mol. The van der Waals surface area contributed by atoms with Crippen LogP contribution in [0.5, 0.6) is 0 Å². The number of hydrogen-bond acceptors (Lipinski definition) is 2. The molecule has 1 saturated carbocycles. The van der Waals surface area contributed by atoms with Crippen LogP contribution in [0.2, 0.25) is 0 Å². The van der Waals surface area contributed by atoms with E-state index in [-0.39, 0.29) is 18.0 Å². The summed E-state index contributed by atoms with van der Waals surface area (Å²) in [5.74, 6) is 0.315. The molecule has 0 aromatic rings. The van der Waals surface area contributed by atoms with E-state index in [0.717, 1.165) is 32.4 Å². The van der Waals surface area contributed by atoms with Gasteiger partial charge in [-0.15, -0.1) is 0 Å². The quantitative estimate of drug-likeness (QED) is 0.816. The number of carboxylic acids is 1. The third kappa shape index (κ3) is 3.64. The Hall–Kier alpha value is -1.26. The Balaban J connectivity index is 1.77. The number of carbonyl (C=O) groups excluding carboxylic acids is 1.